The van der Waals surface area contributed by atoms with Gasteiger partial charge in [0.15, 0.2) is 0 Å². The lowest BCUT2D eigenvalue weighted by molar-refractivity contribution is -0.136. The van der Waals surface area contributed by atoms with Gasteiger partial charge < -0.3 is 4.90 Å². The Kier molecular flexibility index (Phi) is 8.07. The molecule has 38 heavy (non-hydrogen) atoms. The van der Waals surface area contributed by atoms with Crippen LogP contribution in [0.3, 0.4) is 0 Å². The summed E-state index contributed by atoms with van der Waals surface area (Å²) in [5.41, 5.74) is 1.65. The van der Waals surface area contributed by atoms with Crippen LogP contribution in [0.2, 0.25) is 5.02 Å². The van der Waals surface area contributed by atoms with Gasteiger partial charge in [-0.15, -0.1) is 0 Å². The number of hydrogen-bond acceptors (Lipinski definition) is 3. The van der Waals surface area contributed by atoms with Crippen molar-refractivity contribution in [3.63, 3.8) is 0 Å². The molecule has 0 spiro atoms. The van der Waals surface area contributed by atoms with Crippen LogP contribution in [0.15, 0.2) is 36.4 Å². The Morgan fingerprint density at radius 1 is 0.921 bits per heavy atom. The molecule has 2 atom stereocenters. The monoisotopic (exact) mass is 544 g/mol. The molecule has 2 heterocycles. The van der Waals surface area contributed by atoms with E-state index in [1.807, 2.05) is 36.9 Å². The number of Topliss-reactive ketones (excluding diaryl/α,β-unsaturated/α-hetero) is 1. The molecule has 1 amide bonds. The number of rotatable bonds is 5. The van der Waals surface area contributed by atoms with Crippen LogP contribution in [0.4, 0.5) is 8.78 Å². The Balaban J connectivity index is 1.54. The maximum atomic E-state index is 14.8. The van der Waals surface area contributed by atoms with Gasteiger partial charge in [0.1, 0.15) is 17.4 Å². The van der Waals surface area contributed by atoms with E-state index in [0.717, 1.165) is 30.0 Å². The van der Waals surface area contributed by atoms with Crippen molar-refractivity contribution in [2.45, 2.75) is 77.2 Å². The van der Waals surface area contributed by atoms with Gasteiger partial charge in [-0.25, -0.2) is 8.78 Å². The van der Waals surface area contributed by atoms with E-state index in [1.54, 1.807) is 6.92 Å². The van der Waals surface area contributed by atoms with Gasteiger partial charge in [0, 0.05) is 54.1 Å². The fraction of sp³-hybridized carbons (Fsp3) is 0.548. The SMILES string of the molecule is CC(=O)C(C)(C)c1cc(Cl)ccc1C1CCN(C(=O)C2CN(C(C)(C)C)C[C@H]2c2ccc(F)cc2F)CC1. The molecule has 0 N–H and O–H groups in total. The van der Waals surface area contributed by atoms with Gasteiger partial charge in [-0.3, -0.25) is 14.5 Å². The van der Waals surface area contributed by atoms with Crippen molar-refractivity contribution in [3.05, 3.63) is 69.7 Å². The molecule has 0 bridgehead atoms. The highest BCUT2D eigenvalue weighted by Crippen LogP contribution is 2.41. The highest BCUT2D eigenvalue weighted by molar-refractivity contribution is 6.30. The standard InChI is InChI=1S/C31H39ClF2N2O2/c1-19(37)31(5,6)27-15-21(32)7-9-23(27)20-11-13-35(14-12-20)29(38)26-18-36(30(2,3)4)17-25(26)24-10-8-22(33)16-28(24)34/h7-10,15-16,20,25-26H,11-14,17-18H2,1-6H3/t25-,26?/m0/s1. The lowest BCUT2D eigenvalue weighted by Crippen LogP contribution is -2.44. The van der Waals surface area contributed by atoms with Crippen LogP contribution in [0.1, 0.15) is 82.9 Å². The van der Waals surface area contributed by atoms with Gasteiger partial charge in [-0.2, -0.15) is 0 Å². The molecule has 2 fully saturated rings. The molecule has 0 aliphatic carbocycles. The summed E-state index contributed by atoms with van der Waals surface area (Å²) in [6.07, 6.45) is 1.55. The fourth-order valence-corrected chi connectivity index (χ4v) is 6.15. The molecule has 7 heteroatoms. The first-order valence-corrected chi connectivity index (χ1v) is 13.9. The van der Waals surface area contributed by atoms with Crippen LogP contribution >= 0.6 is 11.6 Å². The Labute approximate surface area is 230 Å². The van der Waals surface area contributed by atoms with E-state index >= 15 is 0 Å². The van der Waals surface area contributed by atoms with E-state index < -0.39 is 23.0 Å². The summed E-state index contributed by atoms with van der Waals surface area (Å²) in [6, 6.07) is 9.47. The molecule has 2 aliphatic rings. The highest BCUT2D eigenvalue weighted by Gasteiger charge is 2.45. The van der Waals surface area contributed by atoms with Crippen molar-refractivity contribution in [1.29, 1.82) is 0 Å². The van der Waals surface area contributed by atoms with Crippen LogP contribution in [0.25, 0.3) is 0 Å². The molecule has 2 aromatic rings. The summed E-state index contributed by atoms with van der Waals surface area (Å²) >= 11 is 6.32. The van der Waals surface area contributed by atoms with E-state index in [2.05, 4.69) is 25.7 Å². The topological polar surface area (TPSA) is 40.6 Å². The maximum absolute atomic E-state index is 14.8. The zero-order valence-corrected chi connectivity index (χ0v) is 24.0. The Morgan fingerprint density at radius 2 is 1.55 bits per heavy atom. The minimum atomic E-state index is -0.653. The van der Waals surface area contributed by atoms with Crippen molar-refractivity contribution >= 4 is 23.3 Å². The summed E-state index contributed by atoms with van der Waals surface area (Å²) in [4.78, 5) is 30.5. The summed E-state index contributed by atoms with van der Waals surface area (Å²) < 4.78 is 28.5. The van der Waals surface area contributed by atoms with Gasteiger partial charge in [-0.1, -0.05) is 23.7 Å². The molecule has 206 valence electrons. The second-order valence-corrected chi connectivity index (χ2v) is 12.9. The third-order valence-electron chi connectivity index (χ3n) is 8.76. The second kappa shape index (κ2) is 10.7. The smallest absolute Gasteiger partial charge is 0.227 e. The van der Waals surface area contributed by atoms with E-state index in [0.29, 0.717) is 36.8 Å². The molecular formula is C31H39ClF2N2O2. The van der Waals surface area contributed by atoms with Crippen LogP contribution in [-0.4, -0.2) is 53.2 Å². The van der Waals surface area contributed by atoms with E-state index in [9.17, 15) is 18.4 Å². The molecule has 4 nitrogen and oxygen atoms in total. The molecular weight excluding hydrogens is 506 g/mol. The average Bonchev–Trinajstić information content (AvgIpc) is 3.29. The van der Waals surface area contributed by atoms with Crippen LogP contribution in [0.5, 0.6) is 0 Å². The molecule has 0 radical (unpaired) electrons. The highest BCUT2D eigenvalue weighted by atomic mass is 35.5. The molecule has 4 rings (SSSR count). The number of nitrogens with zero attached hydrogens (tertiary/aromatic N) is 2. The Bertz CT molecular complexity index is 1210. The molecule has 2 saturated heterocycles. The average molecular weight is 545 g/mol. The van der Waals surface area contributed by atoms with E-state index in [1.165, 1.54) is 12.1 Å². The van der Waals surface area contributed by atoms with Gasteiger partial charge >= 0.3 is 0 Å². The minimum Gasteiger partial charge on any atom is -0.342 e. The van der Waals surface area contributed by atoms with Gasteiger partial charge in [0.2, 0.25) is 5.91 Å². The van der Waals surface area contributed by atoms with Crippen molar-refractivity contribution in [2.75, 3.05) is 26.2 Å². The first kappa shape index (κ1) is 28.7. The first-order chi connectivity index (χ1) is 17.7. The molecule has 2 aromatic carbocycles. The summed E-state index contributed by atoms with van der Waals surface area (Å²) in [6.45, 7) is 14.0. The van der Waals surface area contributed by atoms with E-state index in [4.69, 9.17) is 11.6 Å². The number of amides is 1. The number of piperidine rings is 1. The molecule has 0 saturated carbocycles. The number of hydrogen-bond donors (Lipinski definition) is 0. The van der Waals surface area contributed by atoms with Crippen molar-refractivity contribution < 1.29 is 18.4 Å². The summed E-state index contributed by atoms with van der Waals surface area (Å²) in [5.74, 6) is -1.61. The zero-order valence-electron chi connectivity index (χ0n) is 23.3. The number of ketones is 1. The van der Waals surface area contributed by atoms with Gasteiger partial charge in [0.25, 0.3) is 0 Å². The first-order valence-electron chi connectivity index (χ1n) is 13.5. The van der Waals surface area contributed by atoms with Crippen LogP contribution < -0.4 is 0 Å². The predicted molar refractivity (Wildman–Crippen MR) is 148 cm³/mol. The quantitative estimate of drug-likeness (QED) is 0.420. The molecule has 2 aliphatic heterocycles. The fourth-order valence-electron chi connectivity index (χ4n) is 5.98. The summed E-state index contributed by atoms with van der Waals surface area (Å²) in [5, 5.41) is 0.606. The normalized spacial score (nSPS) is 21.7. The van der Waals surface area contributed by atoms with Gasteiger partial charge in [-0.05, 0) is 95.2 Å². The minimum absolute atomic E-state index is 0.0318. The third-order valence-corrected chi connectivity index (χ3v) is 9.00. The zero-order chi connectivity index (χ0) is 28.0. The predicted octanol–water partition coefficient (Wildman–Crippen LogP) is 6.70. The second-order valence-electron chi connectivity index (χ2n) is 12.5. The largest absolute Gasteiger partial charge is 0.342 e. The van der Waals surface area contributed by atoms with E-state index in [-0.39, 0.29) is 29.1 Å². The lowest BCUT2D eigenvalue weighted by atomic mass is 9.74. The number of likely N-dealkylation sites (tertiary alicyclic amines) is 2. The summed E-state index contributed by atoms with van der Waals surface area (Å²) in [7, 11) is 0. The lowest BCUT2D eigenvalue weighted by Gasteiger charge is -2.37. The van der Waals surface area contributed by atoms with Gasteiger partial charge in [0.05, 0.1) is 5.92 Å². The molecule has 0 aromatic heterocycles. The number of carbonyl (C=O) groups excluding carboxylic acids is 2. The van der Waals surface area contributed by atoms with Crippen molar-refractivity contribution in [3.8, 4) is 0 Å². The number of carbonyl (C=O) groups is 2. The van der Waals surface area contributed by atoms with Crippen LogP contribution in [0, 0.1) is 17.6 Å². The Hall–Kier alpha value is -2.31. The molecule has 1 unspecified atom stereocenters. The van der Waals surface area contributed by atoms with Crippen molar-refractivity contribution in [1.82, 2.24) is 9.80 Å². The van der Waals surface area contributed by atoms with Crippen LogP contribution in [-0.2, 0) is 15.0 Å². The van der Waals surface area contributed by atoms with Crippen molar-refractivity contribution in [2.24, 2.45) is 5.92 Å². The number of benzene rings is 2. The number of halogens is 3. The third kappa shape index (κ3) is 5.67. The Morgan fingerprint density at radius 3 is 2.13 bits per heavy atom. The maximum Gasteiger partial charge on any atom is 0.227 e.